The van der Waals surface area contributed by atoms with E-state index in [4.69, 9.17) is 4.74 Å². The van der Waals surface area contributed by atoms with Crippen molar-refractivity contribution in [2.24, 2.45) is 5.92 Å². The van der Waals surface area contributed by atoms with E-state index in [1.54, 1.807) is 0 Å². The van der Waals surface area contributed by atoms with Gasteiger partial charge < -0.3 is 15.2 Å². The average Bonchev–Trinajstić information content (AvgIpc) is 2.43. The van der Waals surface area contributed by atoms with E-state index >= 15 is 0 Å². The Morgan fingerprint density at radius 2 is 2.21 bits per heavy atom. The van der Waals surface area contributed by atoms with Gasteiger partial charge in [0.05, 0.1) is 13.2 Å². The molecule has 1 heterocycles. The van der Waals surface area contributed by atoms with Crippen LogP contribution < -0.4 is 10.1 Å². The maximum Gasteiger partial charge on any atom is 0.122 e. The van der Waals surface area contributed by atoms with Crippen LogP contribution in [-0.2, 0) is 12.8 Å². The smallest absolute Gasteiger partial charge is 0.122 e. The van der Waals surface area contributed by atoms with E-state index < -0.39 is 0 Å². The number of rotatable bonds is 6. The third-order valence-corrected chi connectivity index (χ3v) is 3.79. The Kier molecular flexibility index (Phi) is 5.23. The van der Waals surface area contributed by atoms with Gasteiger partial charge in [-0.25, -0.2) is 0 Å². The van der Waals surface area contributed by atoms with Gasteiger partial charge in [0, 0.05) is 6.04 Å². The van der Waals surface area contributed by atoms with Crippen molar-refractivity contribution in [3.05, 3.63) is 29.3 Å². The minimum atomic E-state index is 0.195. The molecule has 0 aromatic heterocycles. The Morgan fingerprint density at radius 3 is 2.95 bits per heavy atom. The van der Waals surface area contributed by atoms with E-state index in [9.17, 15) is 5.11 Å². The second-order valence-electron chi connectivity index (χ2n) is 5.63. The highest BCUT2D eigenvalue weighted by atomic mass is 16.5. The predicted molar refractivity (Wildman–Crippen MR) is 77.7 cm³/mol. The lowest BCUT2D eigenvalue weighted by Crippen LogP contribution is -2.38. The molecule has 19 heavy (non-hydrogen) atoms. The Morgan fingerprint density at radius 1 is 1.37 bits per heavy atom. The highest BCUT2D eigenvalue weighted by molar-refractivity contribution is 5.38. The standard InChI is InChI=1S/C16H25NO2/c1-12(2)15(11-18)17-8-7-13-5-6-16-14(10-13)4-3-9-19-16/h5-6,10,12,15,17-18H,3-4,7-9,11H2,1-2H3. The van der Waals surface area contributed by atoms with Crippen molar-refractivity contribution in [2.45, 2.75) is 39.2 Å². The normalized spacial score (nSPS) is 16.0. The fraction of sp³-hybridized carbons (Fsp3) is 0.625. The predicted octanol–water partition coefficient (Wildman–Crippen LogP) is 2.16. The van der Waals surface area contributed by atoms with Crippen molar-refractivity contribution < 1.29 is 9.84 Å². The summed E-state index contributed by atoms with van der Waals surface area (Å²) in [7, 11) is 0. The van der Waals surface area contributed by atoms with Crippen molar-refractivity contribution >= 4 is 0 Å². The molecule has 0 aliphatic carbocycles. The summed E-state index contributed by atoms with van der Waals surface area (Å²) in [5.74, 6) is 1.51. The van der Waals surface area contributed by atoms with Crippen LogP contribution in [-0.4, -0.2) is 30.9 Å². The van der Waals surface area contributed by atoms with E-state index in [1.807, 2.05) is 0 Å². The Balaban J connectivity index is 1.86. The molecule has 0 saturated carbocycles. The molecule has 0 saturated heterocycles. The third-order valence-electron chi connectivity index (χ3n) is 3.79. The molecular weight excluding hydrogens is 238 g/mol. The van der Waals surface area contributed by atoms with Crippen molar-refractivity contribution in [1.82, 2.24) is 5.32 Å². The van der Waals surface area contributed by atoms with Gasteiger partial charge >= 0.3 is 0 Å². The fourth-order valence-electron chi connectivity index (χ4n) is 2.48. The SMILES string of the molecule is CC(C)C(CO)NCCc1ccc2c(c1)CCCO2. The Hall–Kier alpha value is -1.06. The van der Waals surface area contributed by atoms with E-state index in [0.717, 1.165) is 38.2 Å². The summed E-state index contributed by atoms with van der Waals surface area (Å²) in [4.78, 5) is 0. The number of aryl methyl sites for hydroxylation is 1. The molecular formula is C16H25NO2. The molecule has 1 aliphatic heterocycles. The second kappa shape index (κ2) is 6.92. The van der Waals surface area contributed by atoms with Gasteiger partial charge in [-0.1, -0.05) is 26.0 Å². The van der Waals surface area contributed by atoms with Crippen LogP contribution in [0.25, 0.3) is 0 Å². The summed E-state index contributed by atoms with van der Waals surface area (Å²) in [6, 6.07) is 6.70. The molecule has 1 aliphatic rings. The van der Waals surface area contributed by atoms with Crippen LogP contribution in [0.4, 0.5) is 0 Å². The highest BCUT2D eigenvalue weighted by Gasteiger charge is 2.12. The lowest BCUT2D eigenvalue weighted by molar-refractivity contribution is 0.212. The molecule has 106 valence electrons. The largest absolute Gasteiger partial charge is 0.493 e. The van der Waals surface area contributed by atoms with Gasteiger partial charge in [-0.3, -0.25) is 0 Å². The number of ether oxygens (including phenoxy) is 1. The van der Waals surface area contributed by atoms with E-state index in [0.29, 0.717) is 5.92 Å². The average molecular weight is 263 g/mol. The van der Waals surface area contributed by atoms with Gasteiger partial charge in [-0.2, -0.15) is 0 Å². The quantitative estimate of drug-likeness (QED) is 0.826. The summed E-state index contributed by atoms with van der Waals surface area (Å²) in [6.07, 6.45) is 3.24. The second-order valence-corrected chi connectivity index (χ2v) is 5.63. The minimum Gasteiger partial charge on any atom is -0.493 e. The molecule has 1 atom stereocenters. The van der Waals surface area contributed by atoms with Crippen molar-refractivity contribution in [1.29, 1.82) is 0 Å². The molecule has 3 nitrogen and oxygen atoms in total. The van der Waals surface area contributed by atoms with Crippen LogP contribution in [0.1, 0.15) is 31.4 Å². The Bertz CT molecular complexity index is 404. The number of nitrogens with one attached hydrogen (secondary N) is 1. The molecule has 0 bridgehead atoms. The lowest BCUT2D eigenvalue weighted by atomic mass is 10.0. The van der Waals surface area contributed by atoms with Crippen LogP contribution in [0.15, 0.2) is 18.2 Å². The topological polar surface area (TPSA) is 41.5 Å². The number of hydrogen-bond donors (Lipinski definition) is 2. The molecule has 1 unspecified atom stereocenters. The highest BCUT2D eigenvalue weighted by Crippen LogP contribution is 2.25. The molecule has 3 heteroatoms. The third kappa shape index (κ3) is 3.95. The van der Waals surface area contributed by atoms with Gasteiger partial charge in [0.2, 0.25) is 0 Å². The van der Waals surface area contributed by atoms with Crippen molar-refractivity contribution in [2.75, 3.05) is 19.8 Å². The van der Waals surface area contributed by atoms with Gasteiger partial charge in [-0.05, 0) is 48.9 Å². The first-order chi connectivity index (χ1) is 9.20. The van der Waals surface area contributed by atoms with Gasteiger partial charge in [0.25, 0.3) is 0 Å². The molecule has 0 amide bonds. The van der Waals surface area contributed by atoms with E-state index in [-0.39, 0.29) is 12.6 Å². The Labute approximate surface area is 116 Å². The molecule has 0 fully saturated rings. The molecule has 1 aromatic rings. The van der Waals surface area contributed by atoms with E-state index in [1.165, 1.54) is 11.1 Å². The first-order valence-corrected chi connectivity index (χ1v) is 7.29. The summed E-state index contributed by atoms with van der Waals surface area (Å²) < 4.78 is 5.62. The van der Waals surface area contributed by atoms with Gasteiger partial charge in [0.1, 0.15) is 5.75 Å². The summed E-state index contributed by atoms with van der Waals surface area (Å²) in [6.45, 7) is 6.22. The first-order valence-electron chi connectivity index (χ1n) is 7.29. The molecule has 0 spiro atoms. The van der Waals surface area contributed by atoms with Crippen molar-refractivity contribution in [3.63, 3.8) is 0 Å². The van der Waals surface area contributed by atoms with Gasteiger partial charge in [-0.15, -0.1) is 0 Å². The van der Waals surface area contributed by atoms with Gasteiger partial charge in [0.15, 0.2) is 0 Å². The van der Waals surface area contributed by atoms with Crippen LogP contribution >= 0.6 is 0 Å². The van der Waals surface area contributed by atoms with E-state index in [2.05, 4.69) is 37.4 Å². The summed E-state index contributed by atoms with van der Waals surface area (Å²) in [5.41, 5.74) is 2.68. The summed E-state index contributed by atoms with van der Waals surface area (Å²) >= 11 is 0. The van der Waals surface area contributed by atoms with Crippen LogP contribution in [0.3, 0.4) is 0 Å². The van der Waals surface area contributed by atoms with Crippen LogP contribution in [0.2, 0.25) is 0 Å². The van der Waals surface area contributed by atoms with Crippen LogP contribution in [0.5, 0.6) is 5.75 Å². The number of hydrogen-bond acceptors (Lipinski definition) is 3. The molecule has 2 rings (SSSR count). The van der Waals surface area contributed by atoms with Crippen LogP contribution in [0, 0.1) is 5.92 Å². The monoisotopic (exact) mass is 263 g/mol. The zero-order valence-electron chi connectivity index (χ0n) is 12.0. The molecule has 1 aromatic carbocycles. The molecule has 2 N–H and O–H groups in total. The maximum absolute atomic E-state index is 9.27. The number of benzene rings is 1. The number of aliphatic hydroxyl groups is 1. The summed E-state index contributed by atoms with van der Waals surface area (Å²) in [5, 5.41) is 12.7. The lowest BCUT2D eigenvalue weighted by Gasteiger charge is -2.20. The van der Waals surface area contributed by atoms with Crippen molar-refractivity contribution in [3.8, 4) is 5.75 Å². The molecule has 0 radical (unpaired) electrons. The zero-order chi connectivity index (χ0) is 13.7. The minimum absolute atomic E-state index is 0.195. The number of aliphatic hydroxyl groups excluding tert-OH is 1. The zero-order valence-corrected chi connectivity index (χ0v) is 12.0. The number of fused-ring (bicyclic) bond motifs is 1. The first kappa shape index (κ1) is 14.4. The fourth-order valence-corrected chi connectivity index (χ4v) is 2.48. The maximum atomic E-state index is 9.27.